The molecule has 0 saturated carbocycles. The van der Waals surface area contributed by atoms with Gasteiger partial charge in [-0.3, -0.25) is 9.59 Å². The topological polar surface area (TPSA) is 106 Å². The van der Waals surface area contributed by atoms with E-state index in [2.05, 4.69) is 0 Å². The number of aromatic hydroxyl groups is 1. The zero-order chi connectivity index (χ0) is 21.0. The van der Waals surface area contributed by atoms with Crippen LogP contribution in [0.4, 0.5) is 0 Å². The molecule has 0 bridgehead atoms. The van der Waals surface area contributed by atoms with Crippen molar-refractivity contribution in [2.24, 2.45) is 0 Å². The van der Waals surface area contributed by atoms with E-state index in [-0.39, 0.29) is 18.1 Å². The fourth-order valence-corrected chi connectivity index (χ4v) is 3.31. The Kier molecular flexibility index (Phi) is 6.33. The van der Waals surface area contributed by atoms with Gasteiger partial charge in [0.2, 0.25) is 17.1 Å². The van der Waals surface area contributed by atoms with Crippen LogP contribution in [0.5, 0.6) is 5.75 Å². The SMILES string of the molecule is COC(=O)c1ccc([C@H](CC(=O)N2CCOCC2)c2oc(C)cc(=O)c2O)cc1. The molecule has 2 aromatic rings. The second-order valence-corrected chi connectivity index (χ2v) is 6.80. The Morgan fingerprint density at radius 2 is 1.86 bits per heavy atom. The minimum atomic E-state index is -0.690. The van der Waals surface area contributed by atoms with Crippen molar-refractivity contribution in [3.63, 3.8) is 0 Å². The third-order valence-corrected chi connectivity index (χ3v) is 4.87. The normalized spacial score (nSPS) is 15.0. The van der Waals surface area contributed by atoms with Crippen LogP contribution in [0.1, 0.15) is 39.8 Å². The number of morpholine rings is 1. The van der Waals surface area contributed by atoms with Gasteiger partial charge >= 0.3 is 5.97 Å². The number of amides is 1. The van der Waals surface area contributed by atoms with Crippen molar-refractivity contribution in [2.45, 2.75) is 19.3 Å². The first-order valence-corrected chi connectivity index (χ1v) is 9.28. The first-order valence-electron chi connectivity index (χ1n) is 9.28. The molecule has 3 rings (SSSR count). The van der Waals surface area contributed by atoms with Crippen molar-refractivity contribution in [2.75, 3.05) is 33.4 Å². The van der Waals surface area contributed by atoms with E-state index in [9.17, 15) is 19.5 Å². The molecule has 1 aromatic carbocycles. The molecule has 0 spiro atoms. The molecule has 29 heavy (non-hydrogen) atoms. The van der Waals surface area contributed by atoms with Gasteiger partial charge in [-0.25, -0.2) is 4.79 Å². The average Bonchev–Trinajstić information content (AvgIpc) is 2.74. The second kappa shape index (κ2) is 8.91. The molecule has 8 heteroatoms. The van der Waals surface area contributed by atoms with E-state index in [1.54, 1.807) is 36.1 Å². The maximum absolute atomic E-state index is 12.9. The number of hydrogen-bond acceptors (Lipinski definition) is 7. The average molecular weight is 401 g/mol. The molecule has 0 unspecified atom stereocenters. The zero-order valence-corrected chi connectivity index (χ0v) is 16.3. The molecule has 0 aliphatic carbocycles. The summed E-state index contributed by atoms with van der Waals surface area (Å²) in [5.41, 5.74) is 0.409. The highest BCUT2D eigenvalue weighted by Gasteiger charge is 2.28. The van der Waals surface area contributed by atoms with Gasteiger partial charge in [-0.2, -0.15) is 0 Å². The van der Waals surface area contributed by atoms with Crippen molar-refractivity contribution < 1.29 is 28.6 Å². The highest BCUT2D eigenvalue weighted by atomic mass is 16.5. The maximum atomic E-state index is 12.9. The number of ether oxygens (including phenoxy) is 2. The summed E-state index contributed by atoms with van der Waals surface area (Å²) >= 11 is 0. The lowest BCUT2D eigenvalue weighted by Crippen LogP contribution is -2.41. The Balaban J connectivity index is 1.98. The monoisotopic (exact) mass is 401 g/mol. The molecule has 154 valence electrons. The van der Waals surface area contributed by atoms with Gasteiger partial charge in [0, 0.05) is 25.6 Å². The second-order valence-electron chi connectivity index (χ2n) is 6.80. The van der Waals surface area contributed by atoms with Crippen molar-refractivity contribution in [3.8, 4) is 5.75 Å². The highest BCUT2D eigenvalue weighted by Crippen LogP contribution is 2.33. The predicted octanol–water partition coefficient (Wildman–Crippen LogP) is 1.82. The van der Waals surface area contributed by atoms with Gasteiger partial charge in [-0.1, -0.05) is 12.1 Å². The first kappa shape index (κ1) is 20.6. The van der Waals surface area contributed by atoms with Gasteiger partial charge in [-0.15, -0.1) is 0 Å². The van der Waals surface area contributed by atoms with Gasteiger partial charge < -0.3 is 23.9 Å². The molecule has 1 aromatic heterocycles. The molecule has 2 heterocycles. The molecule has 8 nitrogen and oxygen atoms in total. The lowest BCUT2D eigenvalue weighted by atomic mass is 9.91. The number of carbonyl (C=O) groups excluding carboxylic acids is 2. The quantitative estimate of drug-likeness (QED) is 0.762. The third-order valence-electron chi connectivity index (χ3n) is 4.87. The van der Waals surface area contributed by atoms with E-state index >= 15 is 0 Å². The zero-order valence-electron chi connectivity index (χ0n) is 16.3. The number of esters is 1. The largest absolute Gasteiger partial charge is 0.502 e. The van der Waals surface area contributed by atoms with E-state index in [0.29, 0.717) is 43.2 Å². The van der Waals surface area contributed by atoms with Crippen LogP contribution >= 0.6 is 0 Å². The predicted molar refractivity (Wildman–Crippen MR) is 103 cm³/mol. The van der Waals surface area contributed by atoms with Crippen LogP contribution in [0, 0.1) is 6.92 Å². The molecular formula is C21H23NO7. The van der Waals surface area contributed by atoms with E-state index in [1.807, 2.05) is 0 Å². The summed E-state index contributed by atoms with van der Waals surface area (Å²) in [4.78, 5) is 38.3. The van der Waals surface area contributed by atoms with Gasteiger partial charge in [-0.05, 0) is 24.6 Å². The highest BCUT2D eigenvalue weighted by molar-refractivity contribution is 5.89. The summed E-state index contributed by atoms with van der Waals surface area (Å²) < 4.78 is 15.6. The molecule has 0 radical (unpaired) electrons. The standard InChI is InChI=1S/C21H23NO7/c1-13-11-17(23)19(25)20(29-13)16(12-18(24)22-7-9-28-10-8-22)14-3-5-15(6-4-14)21(26)27-2/h3-6,11,16,25H,7-10,12H2,1-2H3/t16-/m0/s1. The summed E-state index contributed by atoms with van der Waals surface area (Å²) in [6, 6.07) is 7.65. The van der Waals surface area contributed by atoms with Crippen molar-refractivity contribution in [1.82, 2.24) is 4.90 Å². The van der Waals surface area contributed by atoms with Crippen molar-refractivity contribution >= 4 is 11.9 Å². The molecule has 1 N–H and O–H groups in total. The van der Waals surface area contributed by atoms with Crippen LogP contribution in [0.15, 0.2) is 39.5 Å². The fraction of sp³-hybridized carbons (Fsp3) is 0.381. The van der Waals surface area contributed by atoms with Crippen LogP contribution in [0.25, 0.3) is 0 Å². The molecule has 1 fully saturated rings. The Morgan fingerprint density at radius 3 is 2.48 bits per heavy atom. The van der Waals surface area contributed by atoms with E-state index < -0.39 is 23.1 Å². The van der Waals surface area contributed by atoms with E-state index in [4.69, 9.17) is 13.9 Å². The lowest BCUT2D eigenvalue weighted by Gasteiger charge is -2.28. The maximum Gasteiger partial charge on any atom is 0.337 e. The van der Waals surface area contributed by atoms with Crippen LogP contribution < -0.4 is 5.43 Å². The molecular weight excluding hydrogens is 378 g/mol. The number of methoxy groups -OCH3 is 1. The van der Waals surface area contributed by atoms with Gasteiger partial charge in [0.25, 0.3) is 0 Å². The summed E-state index contributed by atoms with van der Waals surface area (Å²) in [5.74, 6) is -1.47. The molecule has 1 atom stereocenters. The minimum absolute atomic E-state index is 0.00246. The van der Waals surface area contributed by atoms with Gasteiger partial charge in [0.05, 0.1) is 31.8 Å². The number of nitrogens with zero attached hydrogens (tertiary/aromatic N) is 1. The Hall–Kier alpha value is -3.13. The number of aryl methyl sites for hydroxylation is 1. The smallest absolute Gasteiger partial charge is 0.337 e. The van der Waals surface area contributed by atoms with Crippen molar-refractivity contribution in [3.05, 3.63) is 63.2 Å². The van der Waals surface area contributed by atoms with Crippen LogP contribution in [0.2, 0.25) is 0 Å². The summed E-state index contributed by atoms with van der Waals surface area (Å²) in [5, 5.41) is 10.3. The number of carbonyl (C=O) groups is 2. The van der Waals surface area contributed by atoms with Crippen LogP contribution in [0.3, 0.4) is 0 Å². The summed E-state index contributed by atoms with van der Waals surface area (Å²) in [6.45, 7) is 3.50. The first-order chi connectivity index (χ1) is 13.9. The van der Waals surface area contributed by atoms with Gasteiger partial charge in [0.15, 0.2) is 5.76 Å². The Bertz CT molecular complexity index is 942. The van der Waals surface area contributed by atoms with E-state index in [0.717, 1.165) is 0 Å². The van der Waals surface area contributed by atoms with Crippen LogP contribution in [-0.4, -0.2) is 55.3 Å². The lowest BCUT2D eigenvalue weighted by molar-refractivity contribution is -0.135. The Labute approximate surface area is 167 Å². The number of rotatable bonds is 5. The fourth-order valence-electron chi connectivity index (χ4n) is 3.31. The molecule has 1 aliphatic heterocycles. The molecule has 1 saturated heterocycles. The summed E-state index contributed by atoms with van der Waals surface area (Å²) in [6.07, 6.45) is -0.00246. The Morgan fingerprint density at radius 1 is 1.21 bits per heavy atom. The van der Waals surface area contributed by atoms with Crippen molar-refractivity contribution in [1.29, 1.82) is 0 Å². The summed E-state index contributed by atoms with van der Waals surface area (Å²) in [7, 11) is 1.29. The van der Waals surface area contributed by atoms with Crippen LogP contribution in [-0.2, 0) is 14.3 Å². The van der Waals surface area contributed by atoms with E-state index in [1.165, 1.54) is 13.2 Å². The molecule has 1 amide bonds. The third kappa shape index (κ3) is 4.65. The minimum Gasteiger partial charge on any atom is -0.502 e. The number of hydrogen-bond donors (Lipinski definition) is 1. The molecule has 1 aliphatic rings. The number of benzene rings is 1. The van der Waals surface area contributed by atoms with Gasteiger partial charge in [0.1, 0.15) is 5.76 Å².